The largest absolute Gasteiger partial charge is 0.497 e. The van der Waals surface area contributed by atoms with E-state index in [2.05, 4.69) is 0 Å². The van der Waals surface area contributed by atoms with Gasteiger partial charge in [-0.15, -0.1) is 0 Å². The number of para-hydroxylation sites is 1. The Labute approximate surface area is 134 Å². The molecule has 0 aliphatic carbocycles. The maximum Gasteiger partial charge on any atom is 0.347 e. The van der Waals surface area contributed by atoms with Gasteiger partial charge in [-0.1, -0.05) is 6.07 Å². The molecule has 6 nitrogen and oxygen atoms in total. The average molecular weight is 318 g/mol. The maximum absolute atomic E-state index is 12.5. The maximum atomic E-state index is 12.5. The van der Waals surface area contributed by atoms with Crippen molar-refractivity contribution in [3.63, 3.8) is 0 Å². The zero-order chi connectivity index (χ0) is 16.8. The van der Waals surface area contributed by atoms with Crippen LogP contribution in [-0.2, 0) is 0 Å². The van der Waals surface area contributed by atoms with E-state index in [0.717, 1.165) is 0 Å². The number of benzene rings is 2. The Hall–Kier alpha value is -2.89. The summed E-state index contributed by atoms with van der Waals surface area (Å²) in [5, 5.41) is 0. The molecule has 0 aliphatic heterocycles. The van der Waals surface area contributed by atoms with Gasteiger partial charge in [-0.25, -0.2) is 4.79 Å². The van der Waals surface area contributed by atoms with Gasteiger partial charge in [0.2, 0.25) is 5.75 Å². The molecule has 2 aromatic rings. The molecule has 122 valence electrons. The monoisotopic (exact) mass is 318 g/mol. The Morgan fingerprint density at radius 2 is 1.39 bits per heavy atom. The normalized spacial score (nSPS) is 9.91. The van der Waals surface area contributed by atoms with Crippen LogP contribution in [0, 0.1) is 0 Å². The SMILES string of the molecule is COc1ccc(OC)c(C(=O)Oc2c(OC)cccc2OC)c1. The van der Waals surface area contributed by atoms with Gasteiger partial charge >= 0.3 is 5.97 Å². The van der Waals surface area contributed by atoms with E-state index in [0.29, 0.717) is 23.0 Å². The molecule has 2 aromatic carbocycles. The number of rotatable bonds is 6. The van der Waals surface area contributed by atoms with Crippen molar-refractivity contribution < 1.29 is 28.5 Å². The minimum atomic E-state index is -0.608. The van der Waals surface area contributed by atoms with Crippen molar-refractivity contribution in [2.75, 3.05) is 28.4 Å². The highest BCUT2D eigenvalue weighted by atomic mass is 16.6. The van der Waals surface area contributed by atoms with Gasteiger partial charge in [0.1, 0.15) is 17.1 Å². The summed E-state index contributed by atoms with van der Waals surface area (Å²) in [6.45, 7) is 0. The zero-order valence-corrected chi connectivity index (χ0v) is 13.4. The molecule has 2 rings (SSSR count). The third-order valence-electron chi connectivity index (χ3n) is 3.20. The predicted octanol–water partition coefficient (Wildman–Crippen LogP) is 2.94. The smallest absolute Gasteiger partial charge is 0.347 e. The second-order valence-corrected chi connectivity index (χ2v) is 4.45. The van der Waals surface area contributed by atoms with Crippen LogP contribution >= 0.6 is 0 Å². The summed E-state index contributed by atoms with van der Waals surface area (Å²) in [7, 11) is 5.96. The molecular weight excluding hydrogens is 300 g/mol. The number of ether oxygens (including phenoxy) is 5. The van der Waals surface area contributed by atoms with Crippen LogP contribution in [-0.4, -0.2) is 34.4 Å². The van der Waals surface area contributed by atoms with Crippen molar-refractivity contribution in [1.29, 1.82) is 0 Å². The van der Waals surface area contributed by atoms with E-state index in [9.17, 15) is 4.79 Å². The van der Waals surface area contributed by atoms with Gasteiger partial charge < -0.3 is 23.7 Å². The summed E-state index contributed by atoms with van der Waals surface area (Å²) in [6, 6.07) is 9.96. The van der Waals surface area contributed by atoms with Crippen LogP contribution in [0.15, 0.2) is 36.4 Å². The molecule has 0 aliphatic rings. The van der Waals surface area contributed by atoms with Crippen LogP contribution in [0.1, 0.15) is 10.4 Å². The van der Waals surface area contributed by atoms with E-state index < -0.39 is 5.97 Å². The fourth-order valence-electron chi connectivity index (χ4n) is 2.04. The lowest BCUT2D eigenvalue weighted by Crippen LogP contribution is -2.12. The molecule has 0 radical (unpaired) electrons. The molecule has 0 aromatic heterocycles. The first-order valence-corrected chi connectivity index (χ1v) is 6.79. The summed E-state index contributed by atoms with van der Waals surface area (Å²) in [6.07, 6.45) is 0. The minimum absolute atomic E-state index is 0.201. The van der Waals surface area contributed by atoms with Crippen molar-refractivity contribution in [3.8, 4) is 28.7 Å². The van der Waals surface area contributed by atoms with Crippen molar-refractivity contribution in [1.82, 2.24) is 0 Å². The Morgan fingerprint density at radius 3 is 1.91 bits per heavy atom. The topological polar surface area (TPSA) is 63.2 Å². The van der Waals surface area contributed by atoms with Crippen LogP contribution in [0.25, 0.3) is 0 Å². The third kappa shape index (κ3) is 3.48. The average Bonchev–Trinajstić information content (AvgIpc) is 2.61. The molecule has 0 fully saturated rings. The number of carbonyl (C=O) groups is 1. The molecule has 0 bridgehead atoms. The highest BCUT2D eigenvalue weighted by molar-refractivity contribution is 5.95. The molecule has 0 amide bonds. The van der Waals surface area contributed by atoms with Crippen LogP contribution in [0.4, 0.5) is 0 Å². The van der Waals surface area contributed by atoms with Crippen molar-refractivity contribution >= 4 is 5.97 Å². The minimum Gasteiger partial charge on any atom is -0.497 e. The first-order valence-electron chi connectivity index (χ1n) is 6.79. The lowest BCUT2D eigenvalue weighted by Gasteiger charge is -2.14. The van der Waals surface area contributed by atoms with Crippen molar-refractivity contribution in [2.45, 2.75) is 0 Å². The molecule has 0 saturated heterocycles. The van der Waals surface area contributed by atoms with E-state index >= 15 is 0 Å². The lowest BCUT2D eigenvalue weighted by molar-refractivity contribution is 0.0720. The molecule has 0 saturated carbocycles. The number of hydrogen-bond acceptors (Lipinski definition) is 6. The quantitative estimate of drug-likeness (QED) is 0.603. The first kappa shape index (κ1) is 16.5. The molecule has 23 heavy (non-hydrogen) atoms. The van der Waals surface area contributed by atoms with Crippen molar-refractivity contribution in [3.05, 3.63) is 42.0 Å². The van der Waals surface area contributed by atoms with Crippen LogP contribution in [0.2, 0.25) is 0 Å². The zero-order valence-electron chi connectivity index (χ0n) is 13.4. The second-order valence-electron chi connectivity index (χ2n) is 4.45. The molecule has 0 unspecified atom stereocenters. The van der Waals surface area contributed by atoms with Gasteiger partial charge in [-0.2, -0.15) is 0 Å². The van der Waals surface area contributed by atoms with Crippen molar-refractivity contribution in [2.24, 2.45) is 0 Å². The second kappa shape index (κ2) is 7.40. The van der Waals surface area contributed by atoms with Crippen LogP contribution in [0.3, 0.4) is 0 Å². The van der Waals surface area contributed by atoms with E-state index in [1.165, 1.54) is 28.4 Å². The van der Waals surface area contributed by atoms with Gasteiger partial charge in [0.15, 0.2) is 11.5 Å². The fourth-order valence-corrected chi connectivity index (χ4v) is 2.04. The Balaban J connectivity index is 2.40. The summed E-state index contributed by atoms with van der Waals surface area (Å²) >= 11 is 0. The molecule has 6 heteroatoms. The van der Waals surface area contributed by atoms with Gasteiger partial charge in [-0.05, 0) is 30.3 Å². The van der Waals surface area contributed by atoms with Crippen LogP contribution < -0.4 is 23.7 Å². The van der Waals surface area contributed by atoms with E-state index in [-0.39, 0.29) is 11.3 Å². The van der Waals surface area contributed by atoms with Gasteiger partial charge in [0, 0.05) is 0 Å². The molecule has 0 heterocycles. The Morgan fingerprint density at radius 1 is 0.783 bits per heavy atom. The highest BCUT2D eigenvalue weighted by Crippen LogP contribution is 2.38. The van der Waals surface area contributed by atoms with E-state index in [1.807, 2.05) is 0 Å². The van der Waals surface area contributed by atoms with Gasteiger partial charge in [0.25, 0.3) is 0 Å². The number of methoxy groups -OCH3 is 4. The number of carbonyl (C=O) groups excluding carboxylic acids is 1. The number of hydrogen-bond donors (Lipinski definition) is 0. The molecule has 0 N–H and O–H groups in total. The summed E-state index contributed by atoms with van der Waals surface area (Å²) in [4.78, 5) is 12.5. The number of esters is 1. The molecule has 0 spiro atoms. The Kier molecular flexibility index (Phi) is 5.30. The molecular formula is C17H18O6. The Bertz CT molecular complexity index is 673. The summed E-state index contributed by atoms with van der Waals surface area (Å²) in [5.41, 5.74) is 0.236. The van der Waals surface area contributed by atoms with E-state index in [1.54, 1.807) is 36.4 Å². The van der Waals surface area contributed by atoms with Gasteiger partial charge in [0.05, 0.1) is 28.4 Å². The van der Waals surface area contributed by atoms with Crippen LogP contribution in [0.5, 0.6) is 28.7 Å². The summed E-state index contributed by atoms with van der Waals surface area (Å²) in [5.74, 6) is 1.27. The lowest BCUT2D eigenvalue weighted by atomic mass is 10.2. The fraction of sp³-hybridized carbons (Fsp3) is 0.235. The molecule has 0 atom stereocenters. The third-order valence-corrected chi connectivity index (χ3v) is 3.20. The first-order chi connectivity index (χ1) is 11.1. The highest BCUT2D eigenvalue weighted by Gasteiger charge is 2.20. The predicted molar refractivity (Wildman–Crippen MR) is 84.1 cm³/mol. The standard InChI is InChI=1S/C17H18O6/c1-19-11-8-9-13(20-2)12(10-11)17(18)23-16-14(21-3)6-5-7-15(16)22-4/h5-10H,1-4H3. The van der Waals surface area contributed by atoms with Gasteiger partial charge in [-0.3, -0.25) is 0 Å². The van der Waals surface area contributed by atoms with E-state index in [4.69, 9.17) is 23.7 Å². The summed E-state index contributed by atoms with van der Waals surface area (Å²) < 4.78 is 26.2.